The topological polar surface area (TPSA) is 153 Å². The van der Waals surface area contributed by atoms with E-state index in [-0.39, 0.29) is 23.7 Å². The van der Waals surface area contributed by atoms with Crippen LogP contribution in [0.25, 0.3) is 11.3 Å². The minimum absolute atomic E-state index is 0.0210. The molecule has 12 heteroatoms. The van der Waals surface area contributed by atoms with Crippen molar-refractivity contribution in [3.8, 4) is 23.3 Å². The van der Waals surface area contributed by atoms with Crippen LogP contribution in [-0.2, 0) is 16.1 Å². The van der Waals surface area contributed by atoms with Crippen LogP contribution in [0.1, 0.15) is 22.6 Å². The van der Waals surface area contributed by atoms with E-state index in [1.807, 2.05) is 6.07 Å². The molecule has 1 amide bonds. The number of furan rings is 1. The number of aryl methyl sites for hydroxylation is 1. The van der Waals surface area contributed by atoms with E-state index in [4.69, 9.17) is 13.9 Å². The molecule has 0 saturated carbocycles. The Morgan fingerprint density at radius 1 is 1.35 bits per heavy atom. The van der Waals surface area contributed by atoms with Crippen LogP contribution in [-0.4, -0.2) is 35.7 Å². The van der Waals surface area contributed by atoms with Crippen molar-refractivity contribution in [2.24, 2.45) is 5.10 Å². The number of carbonyl (C=O) groups excluding carboxylic acids is 1. The summed E-state index contributed by atoms with van der Waals surface area (Å²) in [6.07, 6.45) is 1.30. The number of hydrazone groups is 1. The maximum atomic E-state index is 12.1. The molecule has 11 nitrogen and oxygen atoms in total. The van der Waals surface area contributed by atoms with Crippen molar-refractivity contribution in [1.29, 1.82) is 5.26 Å². The first-order valence-electron chi connectivity index (χ1n) is 9.71. The Balaban J connectivity index is 1.59. The van der Waals surface area contributed by atoms with E-state index < -0.39 is 17.4 Å². The van der Waals surface area contributed by atoms with Crippen molar-refractivity contribution in [2.75, 3.05) is 13.7 Å². The molecule has 0 unspecified atom stereocenters. The fraction of sp³-hybridized carbons (Fsp3) is 0.182. The molecule has 0 saturated heterocycles. The van der Waals surface area contributed by atoms with E-state index in [0.29, 0.717) is 32.8 Å². The number of hydrogen-bond acceptors (Lipinski definition) is 9. The summed E-state index contributed by atoms with van der Waals surface area (Å²) in [5.74, 6) is 0.292. The largest absolute Gasteiger partial charge is 0.467 e. The summed E-state index contributed by atoms with van der Waals surface area (Å²) in [5, 5.41) is 24.1. The van der Waals surface area contributed by atoms with E-state index >= 15 is 0 Å². The van der Waals surface area contributed by atoms with Gasteiger partial charge in [-0.3, -0.25) is 14.9 Å². The van der Waals surface area contributed by atoms with E-state index in [1.165, 1.54) is 25.5 Å². The minimum atomic E-state index is -0.571. The maximum Gasteiger partial charge on any atom is 0.278 e. The lowest BCUT2D eigenvalue weighted by Gasteiger charge is -2.13. The number of halogens is 1. The highest BCUT2D eigenvalue weighted by molar-refractivity contribution is 9.10. The molecular formula is C22H18BrN5O6. The molecule has 1 aromatic carbocycles. The molecule has 0 bridgehead atoms. The second-order valence-electron chi connectivity index (χ2n) is 6.80. The fourth-order valence-electron chi connectivity index (χ4n) is 2.87. The van der Waals surface area contributed by atoms with E-state index in [0.717, 1.165) is 0 Å². The highest BCUT2D eigenvalue weighted by atomic mass is 79.9. The number of non-ortho nitro benzene ring substituents is 1. The molecule has 2 heterocycles. The Kier molecular flexibility index (Phi) is 8.07. The van der Waals surface area contributed by atoms with Crippen molar-refractivity contribution in [1.82, 2.24) is 10.4 Å². The van der Waals surface area contributed by atoms with Gasteiger partial charge in [-0.15, -0.1) is 0 Å². The summed E-state index contributed by atoms with van der Waals surface area (Å²) in [6, 6.07) is 11.2. The molecule has 2 aromatic heterocycles. The molecule has 0 aliphatic carbocycles. The van der Waals surface area contributed by atoms with Gasteiger partial charge in [0.2, 0.25) is 5.88 Å². The number of rotatable bonds is 9. The number of pyridine rings is 1. The van der Waals surface area contributed by atoms with Gasteiger partial charge >= 0.3 is 0 Å². The van der Waals surface area contributed by atoms with Gasteiger partial charge in [0.25, 0.3) is 11.6 Å². The summed E-state index contributed by atoms with van der Waals surface area (Å²) in [7, 11) is 1.50. The second kappa shape index (κ2) is 11.2. The molecule has 0 spiro atoms. The first kappa shape index (κ1) is 24.6. The van der Waals surface area contributed by atoms with Crippen molar-refractivity contribution in [2.45, 2.75) is 13.5 Å². The van der Waals surface area contributed by atoms with E-state index in [9.17, 15) is 20.2 Å². The van der Waals surface area contributed by atoms with Crippen LogP contribution in [0.3, 0.4) is 0 Å². The Labute approximate surface area is 202 Å². The lowest BCUT2D eigenvalue weighted by molar-refractivity contribution is -0.384. The highest BCUT2D eigenvalue weighted by Crippen LogP contribution is 2.30. The number of nitrogens with one attached hydrogen (secondary N) is 1. The van der Waals surface area contributed by atoms with Crippen LogP contribution < -0.4 is 10.2 Å². The predicted molar refractivity (Wildman–Crippen MR) is 124 cm³/mol. The van der Waals surface area contributed by atoms with Gasteiger partial charge in [-0.25, -0.2) is 10.4 Å². The minimum Gasteiger partial charge on any atom is -0.467 e. The zero-order valence-corrected chi connectivity index (χ0v) is 19.7. The number of nitrogens with zero attached hydrogens (tertiary/aromatic N) is 4. The molecule has 3 rings (SSSR count). The van der Waals surface area contributed by atoms with Crippen LogP contribution in [0, 0.1) is 28.4 Å². The third-order valence-corrected chi connectivity index (χ3v) is 5.53. The number of nitro benzene ring substituents is 1. The Hall–Kier alpha value is -4.08. The number of nitriles is 1. The first-order valence-corrected chi connectivity index (χ1v) is 10.5. The number of nitro groups is 1. The number of aromatic nitrogens is 1. The quantitative estimate of drug-likeness (QED) is 0.250. The van der Waals surface area contributed by atoms with Crippen molar-refractivity contribution in [3.05, 3.63) is 73.6 Å². The van der Waals surface area contributed by atoms with Gasteiger partial charge in [0.05, 0.1) is 23.4 Å². The molecule has 0 fully saturated rings. The molecule has 0 aliphatic rings. The number of hydrogen-bond donors (Lipinski definition) is 1. The smallest absolute Gasteiger partial charge is 0.278 e. The van der Waals surface area contributed by atoms with Crippen molar-refractivity contribution in [3.63, 3.8) is 0 Å². The van der Waals surface area contributed by atoms with Gasteiger partial charge in [0.15, 0.2) is 6.61 Å². The van der Waals surface area contributed by atoms with Crippen LogP contribution in [0.2, 0.25) is 0 Å². The Bertz CT molecular complexity index is 1280. The van der Waals surface area contributed by atoms with Gasteiger partial charge in [-0.05, 0) is 47.1 Å². The molecule has 0 atom stereocenters. The van der Waals surface area contributed by atoms with Crippen LogP contribution >= 0.6 is 15.9 Å². The van der Waals surface area contributed by atoms with Crippen LogP contribution in [0.5, 0.6) is 5.88 Å². The van der Waals surface area contributed by atoms with Gasteiger partial charge in [-0.2, -0.15) is 10.4 Å². The normalized spacial score (nSPS) is 10.8. The van der Waals surface area contributed by atoms with Gasteiger partial charge < -0.3 is 13.9 Å². The SMILES string of the molecule is COCc1c(Br)c(C)nc(OCC(=O)N/N=C/c2ccc(-c3ccc([N+](=O)[O-])cc3)o2)c1C#N. The summed E-state index contributed by atoms with van der Waals surface area (Å²) in [4.78, 5) is 26.6. The molecule has 3 aromatic rings. The van der Waals surface area contributed by atoms with E-state index in [2.05, 4.69) is 31.4 Å². The number of methoxy groups -OCH3 is 1. The molecule has 0 radical (unpaired) electrons. The van der Waals surface area contributed by atoms with Gasteiger partial charge in [0, 0.05) is 34.8 Å². The number of amides is 1. The molecular weight excluding hydrogens is 510 g/mol. The Morgan fingerprint density at radius 2 is 2.09 bits per heavy atom. The molecule has 174 valence electrons. The average Bonchev–Trinajstić information content (AvgIpc) is 3.30. The third kappa shape index (κ3) is 5.83. The van der Waals surface area contributed by atoms with E-state index in [1.54, 1.807) is 31.2 Å². The summed E-state index contributed by atoms with van der Waals surface area (Å²) < 4.78 is 16.8. The van der Waals surface area contributed by atoms with Crippen molar-refractivity contribution < 1.29 is 23.6 Å². The van der Waals surface area contributed by atoms with Crippen molar-refractivity contribution >= 4 is 33.7 Å². The summed E-state index contributed by atoms with van der Waals surface area (Å²) in [6.45, 7) is 1.49. The molecule has 1 N–H and O–H groups in total. The maximum absolute atomic E-state index is 12.1. The fourth-order valence-corrected chi connectivity index (χ4v) is 3.27. The lowest BCUT2D eigenvalue weighted by atomic mass is 10.1. The first-order chi connectivity index (χ1) is 16.3. The Morgan fingerprint density at radius 3 is 2.74 bits per heavy atom. The van der Waals surface area contributed by atoms with Gasteiger partial charge in [-0.1, -0.05) is 0 Å². The number of carbonyl (C=O) groups is 1. The second-order valence-corrected chi connectivity index (χ2v) is 7.60. The highest BCUT2D eigenvalue weighted by Gasteiger charge is 2.18. The summed E-state index contributed by atoms with van der Waals surface area (Å²) >= 11 is 3.39. The molecule has 34 heavy (non-hydrogen) atoms. The number of benzene rings is 1. The van der Waals surface area contributed by atoms with Gasteiger partial charge in [0.1, 0.15) is 23.2 Å². The summed E-state index contributed by atoms with van der Waals surface area (Å²) in [5.41, 5.74) is 4.26. The third-order valence-electron chi connectivity index (χ3n) is 4.48. The monoisotopic (exact) mass is 527 g/mol. The predicted octanol–water partition coefficient (Wildman–Crippen LogP) is 3.87. The lowest BCUT2D eigenvalue weighted by Crippen LogP contribution is -2.25. The number of ether oxygens (including phenoxy) is 2. The molecule has 0 aliphatic heterocycles. The standard InChI is InChI=1S/C22H18BrN5O6/c1-13-21(23)18(11-32-2)17(9-24)22(26-13)33-12-20(29)27-25-10-16-7-8-19(34-16)14-3-5-15(6-4-14)28(30)31/h3-8,10H,11-12H2,1-2H3,(H,27,29)/b25-10+. The van der Waals surface area contributed by atoms with Crippen LogP contribution in [0.4, 0.5) is 5.69 Å². The zero-order chi connectivity index (χ0) is 24.7. The van der Waals surface area contributed by atoms with Crippen LogP contribution in [0.15, 0.2) is 50.4 Å². The zero-order valence-electron chi connectivity index (χ0n) is 18.1. The average molecular weight is 528 g/mol.